The van der Waals surface area contributed by atoms with Gasteiger partial charge in [-0.1, -0.05) is 6.07 Å². The largest absolute Gasteiger partial charge is 0.489 e. The van der Waals surface area contributed by atoms with Crippen molar-refractivity contribution >= 4 is 9.84 Å². The first-order valence-electron chi connectivity index (χ1n) is 4.96. The molecule has 0 spiro atoms. The fourth-order valence-electron chi connectivity index (χ4n) is 1.69. The molecular weight excluding hydrogens is 226 g/mol. The van der Waals surface area contributed by atoms with Crippen molar-refractivity contribution < 1.29 is 13.2 Å². The average Bonchev–Trinajstić information content (AvgIpc) is 2.58. The van der Waals surface area contributed by atoms with Crippen LogP contribution < -0.4 is 4.74 Å². The van der Waals surface area contributed by atoms with E-state index in [9.17, 15) is 8.42 Å². The second-order valence-electron chi connectivity index (χ2n) is 3.78. The van der Waals surface area contributed by atoms with Gasteiger partial charge in [0.1, 0.15) is 11.9 Å². The third-order valence-electron chi connectivity index (χ3n) is 2.46. The van der Waals surface area contributed by atoms with Crippen molar-refractivity contribution in [3.8, 4) is 11.8 Å². The summed E-state index contributed by atoms with van der Waals surface area (Å²) in [6.45, 7) is 0. The molecule has 1 aromatic carbocycles. The Morgan fingerprint density at radius 1 is 1.44 bits per heavy atom. The van der Waals surface area contributed by atoms with Crippen LogP contribution in [0.2, 0.25) is 0 Å². The number of hydrogen-bond acceptors (Lipinski definition) is 4. The minimum Gasteiger partial charge on any atom is -0.489 e. The van der Waals surface area contributed by atoms with E-state index >= 15 is 0 Å². The van der Waals surface area contributed by atoms with Gasteiger partial charge in [-0.2, -0.15) is 5.26 Å². The summed E-state index contributed by atoms with van der Waals surface area (Å²) in [5.41, 5.74) is 0.512. The van der Waals surface area contributed by atoms with Gasteiger partial charge in [-0.15, -0.1) is 0 Å². The zero-order chi connectivity index (χ0) is 11.6. The van der Waals surface area contributed by atoms with E-state index in [0.717, 1.165) is 0 Å². The lowest BCUT2D eigenvalue weighted by Crippen LogP contribution is -2.17. The molecule has 0 aliphatic carbocycles. The van der Waals surface area contributed by atoms with Crippen LogP contribution in [-0.2, 0) is 9.84 Å². The molecule has 0 saturated carbocycles. The Balaban J connectivity index is 2.08. The Morgan fingerprint density at radius 3 is 2.88 bits per heavy atom. The molecule has 1 heterocycles. The lowest BCUT2D eigenvalue weighted by molar-refractivity contribution is 0.229. The molecule has 4 nitrogen and oxygen atoms in total. The maximum Gasteiger partial charge on any atom is 0.154 e. The molecule has 1 saturated heterocycles. The number of ether oxygens (including phenoxy) is 1. The van der Waals surface area contributed by atoms with Crippen LogP contribution in [0, 0.1) is 11.3 Å². The molecule has 16 heavy (non-hydrogen) atoms. The quantitative estimate of drug-likeness (QED) is 0.773. The van der Waals surface area contributed by atoms with Gasteiger partial charge >= 0.3 is 0 Å². The predicted octanol–water partition coefficient (Wildman–Crippen LogP) is 1.12. The van der Waals surface area contributed by atoms with Gasteiger partial charge in [0.2, 0.25) is 0 Å². The minimum atomic E-state index is -2.92. The summed E-state index contributed by atoms with van der Waals surface area (Å²) in [6.07, 6.45) is 0.248. The monoisotopic (exact) mass is 237 g/mol. The van der Waals surface area contributed by atoms with Crippen molar-refractivity contribution in [3.63, 3.8) is 0 Å². The fourth-order valence-corrected chi connectivity index (χ4v) is 3.28. The highest BCUT2D eigenvalue weighted by atomic mass is 32.2. The molecule has 84 valence electrons. The Hall–Kier alpha value is -1.54. The van der Waals surface area contributed by atoms with Crippen LogP contribution in [-0.4, -0.2) is 26.0 Å². The molecule has 1 aliphatic heterocycles. The molecule has 0 radical (unpaired) electrons. The number of benzene rings is 1. The number of rotatable bonds is 2. The van der Waals surface area contributed by atoms with Crippen LogP contribution in [0.25, 0.3) is 0 Å². The summed E-state index contributed by atoms with van der Waals surface area (Å²) in [5.74, 6) is 0.820. The standard InChI is InChI=1S/C11H11NO3S/c12-7-9-2-1-3-10(6-9)15-11-4-5-16(13,14)8-11/h1-3,6,11H,4-5,8H2. The molecule has 5 heteroatoms. The lowest BCUT2D eigenvalue weighted by atomic mass is 10.2. The highest BCUT2D eigenvalue weighted by Gasteiger charge is 2.29. The van der Waals surface area contributed by atoms with E-state index in [1.165, 1.54) is 0 Å². The van der Waals surface area contributed by atoms with Crippen molar-refractivity contribution in [2.45, 2.75) is 12.5 Å². The molecule has 1 aliphatic rings. The van der Waals surface area contributed by atoms with E-state index < -0.39 is 9.84 Å². The van der Waals surface area contributed by atoms with Gasteiger partial charge < -0.3 is 4.74 Å². The van der Waals surface area contributed by atoms with Crippen LogP contribution in [0.5, 0.6) is 5.75 Å². The van der Waals surface area contributed by atoms with Crippen LogP contribution in [0.15, 0.2) is 24.3 Å². The summed E-state index contributed by atoms with van der Waals surface area (Å²) in [6, 6.07) is 8.75. The molecule has 0 aromatic heterocycles. The first-order valence-corrected chi connectivity index (χ1v) is 6.78. The van der Waals surface area contributed by atoms with Gasteiger partial charge in [0.25, 0.3) is 0 Å². The van der Waals surface area contributed by atoms with Gasteiger partial charge in [0, 0.05) is 0 Å². The fraction of sp³-hybridized carbons (Fsp3) is 0.364. The number of nitrogens with zero attached hydrogens (tertiary/aromatic N) is 1. The summed E-state index contributed by atoms with van der Waals surface area (Å²) >= 11 is 0. The average molecular weight is 237 g/mol. The van der Waals surface area contributed by atoms with Crippen molar-refractivity contribution in [1.29, 1.82) is 5.26 Å². The van der Waals surface area contributed by atoms with Crippen molar-refractivity contribution in [2.24, 2.45) is 0 Å². The Bertz CT molecular complexity index is 530. The van der Waals surface area contributed by atoms with Gasteiger partial charge in [-0.3, -0.25) is 0 Å². The SMILES string of the molecule is N#Cc1cccc(OC2CCS(=O)(=O)C2)c1. The molecule has 0 amide bonds. The molecule has 0 N–H and O–H groups in total. The molecular formula is C11H11NO3S. The number of nitriles is 1. The molecule has 1 aromatic rings. The molecule has 2 rings (SSSR count). The van der Waals surface area contributed by atoms with Gasteiger partial charge in [0.15, 0.2) is 9.84 Å². The number of sulfone groups is 1. The van der Waals surface area contributed by atoms with Crippen LogP contribution in [0.3, 0.4) is 0 Å². The van der Waals surface area contributed by atoms with E-state index in [1.54, 1.807) is 24.3 Å². The smallest absolute Gasteiger partial charge is 0.154 e. The van der Waals surface area contributed by atoms with Crippen molar-refractivity contribution in [2.75, 3.05) is 11.5 Å². The highest BCUT2D eigenvalue weighted by Crippen LogP contribution is 2.20. The Morgan fingerprint density at radius 2 is 2.25 bits per heavy atom. The summed E-state index contributed by atoms with van der Waals surface area (Å²) < 4.78 is 28.0. The Kier molecular flexibility index (Phi) is 2.84. The summed E-state index contributed by atoms with van der Waals surface area (Å²) in [4.78, 5) is 0. The zero-order valence-electron chi connectivity index (χ0n) is 8.59. The van der Waals surface area contributed by atoms with Crippen molar-refractivity contribution in [1.82, 2.24) is 0 Å². The zero-order valence-corrected chi connectivity index (χ0v) is 9.40. The van der Waals surface area contributed by atoms with Crippen molar-refractivity contribution in [3.05, 3.63) is 29.8 Å². The first kappa shape index (κ1) is 11.0. The second-order valence-corrected chi connectivity index (χ2v) is 6.01. The third-order valence-corrected chi connectivity index (χ3v) is 4.19. The maximum absolute atomic E-state index is 11.2. The van der Waals surface area contributed by atoms with Crippen LogP contribution >= 0.6 is 0 Å². The van der Waals surface area contributed by atoms with E-state index in [1.807, 2.05) is 6.07 Å². The maximum atomic E-state index is 11.2. The molecule has 1 fully saturated rings. The molecule has 1 unspecified atom stereocenters. The summed E-state index contributed by atoms with van der Waals surface area (Å²) in [5, 5.41) is 8.70. The van der Waals surface area contributed by atoms with Gasteiger partial charge in [0.05, 0.1) is 23.1 Å². The lowest BCUT2D eigenvalue weighted by Gasteiger charge is -2.11. The van der Waals surface area contributed by atoms with E-state index in [4.69, 9.17) is 10.00 Å². The van der Waals surface area contributed by atoms with Crippen LogP contribution in [0.1, 0.15) is 12.0 Å². The first-order chi connectivity index (χ1) is 7.59. The Labute approximate surface area is 94.4 Å². The number of hydrogen-bond donors (Lipinski definition) is 0. The highest BCUT2D eigenvalue weighted by molar-refractivity contribution is 7.91. The van der Waals surface area contributed by atoms with Crippen LogP contribution in [0.4, 0.5) is 0 Å². The normalized spacial score (nSPS) is 22.6. The van der Waals surface area contributed by atoms with E-state index in [0.29, 0.717) is 17.7 Å². The molecule has 0 bridgehead atoms. The molecule has 1 atom stereocenters. The van der Waals surface area contributed by atoms with E-state index in [2.05, 4.69) is 0 Å². The van der Waals surface area contributed by atoms with Gasteiger partial charge in [-0.25, -0.2) is 8.42 Å². The van der Waals surface area contributed by atoms with E-state index in [-0.39, 0.29) is 17.6 Å². The second kappa shape index (κ2) is 4.14. The minimum absolute atomic E-state index is 0.0732. The predicted molar refractivity (Wildman–Crippen MR) is 58.8 cm³/mol. The topological polar surface area (TPSA) is 67.2 Å². The summed E-state index contributed by atoms with van der Waals surface area (Å²) in [7, 11) is -2.92. The third kappa shape index (κ3) is 2.52. The van der Waals surface area contributed by atoms with Gasteiger partial charge in [-0.05, 0) is 24.6 Å².